The van der Waals surface area contributed by atoms with Crippen molar-refractivity contribution in [3.8, 4) is 0 Å². The van der Waals surface area contributed by atoms with Gasteiger partial charge in [-0.15, -0.1) is 0 Å². The van der Waals surface area contributed by atoms with Crippen LogP contribution in [0.15, 0.2) is 0 Å². The molecule has 0 aromatic carbocycles. The van der Waals surface area contributed by atoms with Gasteiger partial charge >= 0.3 is 0 Å². The maximum Gasteiger partial charge on any atom is 0.239 e. The number of carbonyl (C=O) groups is 1. The minimum Gasteiger partial charge on any atom is -0.341 e. The van der Waals surface area contributed by atoms with Gasteiger partial charge in [-0.1, -0.05) is 20.3 Å². The van der Waals surface area contributed by atoms with Crippen LogP contribution in [0, 0.1) is 11.8 Å². The smallest absolute Gasteiger partial charge is 0.239 e. The molecule has 0 aromatic rings. The monoisotopic (exact) mass is 224 g/mol. The number of nitrogens with one attached hydrogen (secondary N) is 1. The second-order valence-corrected chi connectivity index (χ2v) is 5.69. The topological polar surface area (TPSA) is 32.3 Å². The van der Waals surface area contributed by atoms with E-state index in [1.165, 1.54) is 19.3 Å². The van der Waals surface area contributed by atoms with Gasteiger partial charge in [0.2, 0.25) is 5.91 Å². The van der Waals surface area contributed by atoms with Crippen LogP contribution in [0.25, 0.3) is 0 Å². The molecule has 2 rings (SSSR count). The van der Waals surface area contributed by atoms with Crippen molar-refractivity contribution in [1.82, 2.24) is 10.2 Å². The van der Waals surface area contributed by atoms with Crippen molar-refractivity contribution < 1.29 is 4.79 Å². The van der Waals surface area contributed by atoms with E-state index in [0.29, 0.717) is 17.7 Å². The molecule has 16 heavy (non-hydrogen) atoms. The summed E-state index contributed by atoms with van der Waals surface area (Å²) in [7, 11) is 0. The van der Waals surface area contributed by atoms with Crippen molar-refractivity contribution in [1.29, 1.82) is 0 Å². The number of carbonyl (C=O) groups excluding carboxylic acids is 1. The predicted octanol–water partition coefficient (Wildman–Crippen LogP) is 1.63. The molecule has 0 aromatic heterocycles. The first-order valence-electron chi connectivity index (χ1n) is 6.69. The van der Waals surface area contributed by atoms with Crippen molar-refractivity contribution in [2.24, 2.45) is 11.8 Å². The van der Waals surface area contributed by atoms with Gasteiger partial charge in [0, 0.05) is 13.1 Å². The average molecular weight is 224 g/mol. The molecule has 0 radical (unpaired) electrons. The molecule has 2 saturated heterocycles. The highest BCUT2D eigenvalue weighted by Gasteiger charge is 2.30. The second kappa shape index (κ2) is 5.17. The first kappa shape index (κ1) is 11.9. The first-order valence-corrected chi connectivity index (χ1v) is 6.69. The summed E-state index contributed by atoms with van der Waals surface area (Å²) >= 11 is 0. The highest BCUT2D eigenvalue weighted by molar-refractivity contribution is 5.82. The Labute approximate surface area is 98.6 Å². The van der Waals surface area contributed by atoms with Gasteiger partial charge in [0.05, 0.1) is 6.04 Å². The van der Waals surface area contributed by atoms with Gasteiger partial charge in [0.25, 0.3) is 0 Å². The molecule has 2 aliphatic heterocycles. The van der Waals surface area contributed by atoms with Crippen LogP contribution in [0.4, 0.5) is 0 Å². The summed E-state index contributed by atoms with van der Waals surface area (Å²) in [5, 5.41) is 3.35. The van der Waals surface area contributed by atoms with Gasteiger partial charge < -0.3 is 10.2 Å². The Hall–Kier alpha value is -0.570. The number of piperidine rings is 2. The van der Waals surface area contributed by atoms with Crippen molar-refractivity contribution in [3.63, 3.8) is 0 Å². The van der Waals surface area contributed by atoms with Crippen LogP contribution in [0.3, 0.4) is 0 Å². The fourth-order valence-corrected chi connectivity index (χ4v) is 3.13. The molecule has 0 aliphatic carbocycles. The van der Waals surface area contributed by atoms with Gasteiger partial charge in [0.1, 0.15) is 0 Å². The second-order valence-electron chi connectivity index (χ2n) is 5.69. The number of amides is 1. The molecule has 3 nitrogen and oxygen atoms in total. The van der Waals surface area contributed by atoms with Crippen LogP contribution in [0.1, 0.15) is 39.5 Å². The molecule has 0 saturated carbocycles. The summed E-state index contributed by atoms with van der Waals surface area (Å²) in [4.78, 5) is 14.4. The molecule has 1 amide bonds. The largest absolute Gasteiger partial charge is 0.341 e. The third-order valence-corrected chi connectivity index (χ3v) is 3.79. The van der Waals surface area contributed by atoms with Gasteiger partial charge in [-0.3, -0.25) is 4.79 Å². The van der Waals surface area contributed by atoms with E-state index in [9.17, 15) is 4.79 Å². The van der Waals surface area contributed by atoms with Crippen molar-refractivity contribution >= 4 is 5.91 Å². The molecule has 0 spiro atoms. The maximum atomic E-state index is 12.3. The Morgan fingerprint density at radius 2 is 1.88 bits per heavy atom. The quantitative estimate of drug-likeness (QED) is 0.734. The van der Waals surface area contributed by atoms with Gasteiger partial charge in [-0.2, -0.15) is 0 Å². The molecule has 2 fully saturated rings. The van der Waals surface area contributed by atoms with Gasteiger partial charge in [0.15, 0.2) is 0 Å². The Kier molecular flexibility index (Phi) is 3.85. The molecule has 92 valence electrons. The number of hydrogen-bond donors (Lipinski definition) is 1. The lowest BCUT2D eigenvalue weighted by atomic mass is 9.91. The van der Waals surface area contributed by atoms with Crippen LogP contribution in [0.5, 0.6) is 0 Å². The van der Waals surface area contributed by atoms with Crippen LogP contribution in [0.2, 0.25) is 0 Å². The Morgan fingerprint density at radius 3 is 2.44 bits per heavy atom. The van der Waals surface area contributed by atoms with E-state index >= 15 is 0 Å². The lowest BCUT2D eigenvalue weighted by Crippen LogP contribution is -2.52. The number of rotatable bonds is 1. The van der Waals surface area contributed by atoms with E-state index in [0.717, 1.165) is 26.1 Å². The zero-order valence-electron chi connectivity index (χ0n) is 10.5. The standard InChI is InChI=1S/C13H24N2O/c1-10-7-11(2)9-15(8-10)13(16)12-5-3-4-6-14-12/h10-12,14H,3-9H2,1-2H3/t10?,11?,12-/m1/s1. The van der Waals surface area contributed by atoms with E-state index in [2.05, 4.69) is 24.1 Å². The lowest BCUT2D eigenvalue weighted by molar-refractivity contribution is -0.136. The average Bonchev–Trinajstić information content (AvgIpc) is 2.28. The molecule has 1 N–H and O–H groups in total. The van der Waals surface area contributed by atoms with Crippen LogP contribution >= 0.6 is 0 Å². The third kappa shape index (κ3) is 2.76. The summed E-state index contributed by atoms with van der Waals surface area (Å²) in [5.41, 5.74) is 0. The van der Waals surface area contributed by atoms with Crippen molar-refractivity contribution in [2.45, 2.75) is 45.6 Å². The highest BCUT2D eigenvalue weighted by Crippen LogP contribution is 2.22. The molecule has 0 bridgehead atoms. The van der Waals surface area contributed by atoms with E-state index in [1.54, 1.807) is 0 Å². The predicted molar refractivity (Wildman–Crippen MR) is 65.2 cm³/mol. The highest BCUT2D eigenvalue weighted by atomic mass is 16.2. The molecular weight excluding hydrogens is 200 g/mol. The molecule has 2 unspecified atom stereocenters. The zero-order chi connectivity index (χ0) is 11.5. The summed E-state index contributed by atoms with van der Waals surface area (Å²) in [6.07, 6.45) is 4.71. The summed E-state index contributed by atoms with van der Waals surface area (Å²) in [6, 6.07) is 0.103. The zero-order valence-corrected chi connectivity index (χ0v) is 10.5. The van der Waals surface area contributed by atoms with E-state index in [1.807, 2.05) is 0 Å². The molecule has 3 atom stereocenters. The summed E-state index contributed by atoms with van der Waals surface area (Å²) in [5.74, 6) is 1.67. The fourth-order valence-electron chi connectivity index (χ4n) is 3.13. The normalized spacial score (nSPS) is 36.1. The molecule has 2 heterocycles. The maximum absolute atomic E-state index is 12.3. The van der Waals surface area contributed by atoms with Crippen LogP contribution < -0.4 is 5.32 Å². The first-order chi connectivity index (χ1) is 7.66. The van der Waals surface area contributed by atoms with E-state index < -0.39 is 0 Å². The minimum absolute atomic E-state index is 0.103. The van der Waals surface area contributed by atoms with Gasteiger partial charge in [-0.25, -0.2) is 0 Å². The fraction of sp³-hybridized carbons (Fsp3) is 0.923. The Balaban J connectivity index is 1.92. The Morgan fingerprint density at radius 1 is 1.19 bits per heavy atom. The van der Waals surface area contributed by atoms with Crippen LogP contribution in [-0.2, 0) is 4.79 Å². The molecular formula is C13H24N2O. The van der Waals surface area contributed by atoms with Crippen LogP contribution in [-0.4, -0.2) is 36.5 Å². The van der Waals surface area contributed by atoms with Crippen molar-refractivity contribution in [2.75, 3.05) is 19.6 Å². The third-order valence-electron chi connectivity index (χ3n) is 3.79. The summed E-state index contributed by atoms with van der Waals surface area (Å²) < 4.78 is 0. The Bertz CT molecular complexity index is 238. The number of hydrogen-bond acceptors (Lipinski definition) is 2. The van der Waals surface area contributed by atoms with E-state index in [4.69, 9.17) is 0 Å². The number of likely N-dealkylation sites (tertiary alicyclic amines) is 1. The lowest BCUT2D eigenvalue weighted by Gasteiger charge is -2.37. The van der Waals surface area contributed by atoms with E-state index in [-0.39, 0.29) is 6.04 Å². The van der Waals surface area contributed by atoms with Crippen molar-refractivity contribution in [3.05, 3.63) is 0 Å². The minimum atomic E-state index is 0.103. The summed E-state index contributed by atoms with van der Waals surface area (Å²) in [6.45, 7) is 7.44. The SMILES string of the molecule is CC1CC(C)CN(C(=O)[C@H]2CCCCN2)C1. The molecule has 2 aliphatic rings. The molecule has 3 heteroatoms. The van der Waals surface area contributed by atoms with Gasteiger partial charge in [-0.05, 0) is 37.6 Å². The number of nitrogens with zero attached hydrogens (tertiary/aromatic N) is 1.